The van der Waals surface area contributed by atoms with Crippen molar-refractivity contribution in [2.75, 3.05) is 44.2 Å². The van der Waals surface area contributed by atoms with Gasteiger partial charge in [0.15, 0.2) is 5.65 Å². The van der Waals surface area contributed by atoms with Crippen LogP contribution in [0.3, 0.4) is 0 Å². The molecule has 7 heteroatoms. The van der Waals surface area contributed by atoms with Crippen molar-refractivity contribution in [3.8, 4) is 0 Å². The maximum absolute atomic E-state index is 12.6. The SMILES string of the molecule is O=C(NCCN1CCCCC1)[C@H]1CCCN(c2nnc3ccccn23)C1. The molecule has 1 atom stereocenters. The summed E-state index contributed by atoms with van der Waals surface area (Å²) in [6.07, 6.45) is 7.86. The number of likely N-dealkylation sites (tertiary alicyclic amines) is 1. The molecule has 2 fully saturated rings. The van der Waals surface area contributed by atoms with Crippen molar-refractivity contribution in [2.45, 2.75) is 32.1 Å². The molecule has 4 rings (SSSR count). The van der Waals surface area contributed by atoms with Crippen molar-refractivity contribution in [1.29, 1.82) is 0 Å². The molecule has 140 valence electrons. The van der Waals surface area contributed by atoms with E-state index < -0.39 is 0 Å². The van der Waals surface area contributed by atoms with Gasteiger partial charge in [0.1, 0.15) is 0 Å². The van der Waals surface area contributed by atoms with Gasteiger partial charge in [-0.15, -0.1) is 10.2 Å². The number of pyridine rings is 1. The molecule has 0 spiro atoms. The monoisotopic (exact) mass is 356 g/mol. The average Bonchev–Trinajstić information content (AvgIpc) is 3.13. The topological polar surface area (TPSA) is 65.8 Å². The summed E-state index contributed by atoms with van der Waals surface area (Å²) in [7, 11) is 0. The van der Waals surface area contributed by atoms with Crippen LogP contribution < -0.4 is 10.2 Å². The molecule has 2 aliphatic heterocycles. The zero-order valence-corrected chi connectivity index (χ0v) is 15.3. The van der Waals surface area contributed by atoms with Crippen LogP contribution in [0, 0.1) is 5.92 Å². The third kappa shape index (κ3) is 3.82. The van der Waals surface area contributed by atoms with Crippen LogP contribution in [0.2, 0.25) is 0 Å². The van der Waals surface area contributed by atoms with Crippen molar-refractivity contribution < 1.29 is 4.79 Å². The molecule has 0 saturated carbocycles. The molecular formula is C19H28N6O. The lowest BCUT2D eigenvalue weighted by molar-refractivity contribution is -0.125. The van der Waals surface area contributed by atoms with Crippen LogP contribution >= 0.6 is 0 Å². The van der Waals surface area contributed by atoms with Gasteiger partial charge in [-0.2, -0.15) is 0 Å². The number of fused-ring (bicyclic) bond motifs is 1. The number of carbonyl (C=O) groups is 1. The first-order valence-corrected chi connectivity index (χ1v) is 9.86. The van der Waals surface area contributed by atoms with Gasteiger partial charge in [-0.3, -0.25) is 9.20 Å². The average molecular weight is 356 g/mol. The fourth-order valence-electron chi connectivity index (χ4n) is 4.08. The summed E-state index contributed by atoms with van der Waals surface area (Å²) in [5.41, 5.74) is 0.843. The molecule has 0 bridgehead atoms. The van der Waals surface area contributed by atoms with Gasteiger partial charge >= 0.3 is 0 Å². The van der Waals surface area contributed by atoms with Gasteiger partial charge in [0.25, 0.3) is 0 Å². The Kier molecular flexibility index (Phi) is 5.34. The molecule has 1 amide bonds. The Hall–Kier alpha value is -2.15. The summed E-state index contributed by atoms with van der Waals surface area (Å²) >= 11 is 0. The lowest BCUT2D eigenvalue weighted by Gasteiger charge is -2.32. The zero-order valence-electron chi connectivity index (χ0n) is 15.3. The largest absolute Gasteiger partial charge is 0.355 e. The van der Waals surface area contributed by atoms with Crippen molar-refractivity contribution in [3.63, 3.8) is 0 Å². The Morgan fingerprint density at radius 3 is 2.88 bits per heavy atom. The van der Waals surface area contributed by atoms with Crippen molar-refractivity contribution in [1.82, 2.24) is 24.8 Å². The predicted octanol–water partition coefficient (Wildman–Crippen LogP) is 1.55. The highest BCUT2D eigenvalue weighted by atomic mass is 16.1. The minimum atomic E-state index is 0.0289. The summed E-state index contributed by atoms with van der Waals surface area (Å²) in [5.74, 6) is 1.05. The Morgan fingerprint density at radius 2 is 2.00 bits per heavy atom. The maximum atomic E-state index is 12.6. The second-order valence-electron chi connectivity index (χ2n) is 7.41. The molecule has 0 aliphatic carbocycles. The summed E-state index contributed by atoms with van der Waals surface area (Å²) in [5, 5.41) is 11.7. The number of aromatic nitrogens is 3. The number of rotatable bonds is 5. The minimum absolute atomic E-state index is 0.0289. The van der Waals surface area contributed by atoms with E-state index in [9.17, 15) is 4.79 Å². The Morgan fingerprint density at radius 1 is 1.12 bits per heavy atom. The molecule has 0 unspecified atom stereocenters. The lowest BCUT2D eigenvalue weighted by atomic mass is 9.97. The molecule has 2 aromatic rings. The van der Waals surface area contributed by atoms with Crippen LogP contribution in [-0.4, -0.2) is 64.7 Å². The smallest absolute Gasteiger partial charge is 0.231 e. The number of carbonyl (C=O) groups excluding carboxylic acids is 1. The molecule has 7 nitrogen and oxygen atoms in total. The van der Waals surface area contributed by atoms with E-state index in [4.69, 9.17) is 0 Å². The quantitative estimate of drug-likeness (QED) is 0.880. The first-order chi connectivity index (χ1) is 12.8. The molecule has 2 aromatic heterocycles. The van der Waals surface area contributed by atoms with Crippen LogP contribution in [0.1, 0.15) is 32.1 Å². The van der Waals surface area contributed by atoms with Crippen molar-refractivity contribution >= 4 is 17.5 Å². The van der Waals surface area contributed by atoms with E-state index in [0.29, 0.717) is 6.54 Å². The number of nitrogens with zero attached hydrogens (tertiary/aromatic N) is 5. The summed E-state index contributed by atoms with van der Waals surface area (Å²) in [4.78, 5) is 17.3. The first kappa shape index (κ1) is 17.3. The summed E-state index contributed by atoms with van der Waals surface area (Å²) in [6.45, 7) is 5.71. The predicted molar refractivity (Wildman–Crippen MR) is 101 cm³/mol. The molecule has 2 aliphatic rings. The highest BCUT2D eigenvalue weighted by molar-refractivity contribution is 5.79. The van der Waals surface area contributed by atoms with Gasteiger partial charge in [-0.25, -0.2) is 0 Å². The third-order valence-corrected chi connectivity index (χ3v) is 5.55. The van der Waals surface area contributed by atoms with Gasteiger partial charge in [0.2, 0.25) is 11.9 Å². The maximum Gasteiger partial charge on any atom is 0.231 e. The summed E-state index contributed by atoms with van der Waals surface area (Å²) in [6, 6.07) is 5.89. The fraction of sp³-hybridized carbons (Fsp3) is 0.632. The number of amides is 1. The second-order valence-corrected chi connectivity index (χ2v) is 7.41. The van der Waals surface area contributed by atoms with Crippen LogP contribution in [0.5, 0.6) is 0 Å². The van der Waals surface area contributed by atoms with Crippen LogP contribution in [-0.2, 0) is 4.79 Å². The lowest BCUT2D eigenvalue weighted by Crippen LogP contribution is -2.45. The van der Waals surface area contributed by atoms with Crippen molar-refractivity contribution in [2.24, 2.45) is 5.92 Å². The van der Waals surface area contributed by atoms with E-state index in [2.05, 4.69) is 25.3 Å². The Balaban J connectivity index is 1.32. The normalized spacial score (nSPS) is 21.8. The summed E-state index contributed by atoms with van der Waals surface area (Å²) < 4.78 is 2.00. The second kappa shape index (κ2) is 8.03. The van der Waals surface area contributed by atoms with E-state index in [1.165, 1.54) is 32.4 Å². The number of hydrogen-bond acceptors (Lipinski definition) is 5. The molecule has 4 heterocycles. The fourth-order valence-corrected chi connectivity index (χ4v) is 4.08. The van der Waals surface area contributed by atoms with Crippen LogP contribution in [0.25, 0.3) is 5.65 Å². The van der Waals surface area contributed by atoms with E-state index in [0.717, 1.165) is 44.1 Å². The van der Waals surface area contributed by atoms with E-state index in [1.807, 2.05) is 28.8 Å². The van der Waals surface area contributed by atoms with E-state index >= 15 is 0 Å². The Bertz CT molecular complexity index is 738. The van der Waals surface area contributed by atoms with Crippen LogP contribution in [0.15, 0.2) is 24.4 Å². The van der Waals surface area contributed by atoms with Gasteiger partial charge in [0, 0.05) is 32.4 Å². The first-order valence-electron chi connectivity index (χ1n) is 9.86. The molecule has 0 aromatic carbocycles. The zero-order chi connectivity index (χ0) is 17.8. The number of nitrogens with one attached hydrogen (secondary N) is 1. The van der Waals surface area contributed by atoms with Gasteiger partial charge in [-0.05, 0) is 50.9 Å². The Labute approximate surface area is 154 Å². The number of anilines is 1. The number of hydrogen-bond donors (Lipinski definition) is 1. The third-order valence-electron chi connectivity index (χ3n) is 5.55. The minimum Gasteiger partial charge on any atom is -0.355 e. The molecule has 0 radical (unpaired) electrons. The standard InChI is InChI=1S/C19H28N6O/c26-18(20-9-14-23-10-3-1-4-11-23)16-7-6-12-24(15-16)19-22-21-17-8-2-5-13-25(17)19/h2,5,8,13,16H,1,3-4,6-7,9-12,14-15H2,(H,20,26)/t16-/m0/s1. The van der Waals surface area contributed by atoms with Gasteiger partial charge in [0.05, 0.1) is 5.92 Å². The van der Waals surface area contributed by atoms with Gasteiger partial charge < -0.3 is 15.1 Å². The van der Waals surface area contributed by atoms with Gasteiger partial charge in [-0.1, -0.05) is 12.5 Å². The molecular weight excluding hydrogens is 328 g/mol. The highest BCUT2D eigenvalue weighted by Crippen LogP contribution is 2.22. The molecule has 26 heavy (non-hydrogen) atoms. The van der Waals surface area contributed by atoms with E-state index in [1.54, 1.807) is 0 Å². The van der Waals surface area contributed by atoms with Crippen molar-refractivity contribution in [3.05, 3.63) is 24.4 Å². The highest BCUT2D eigenvalue weighted by Gasteiger charge is 2.28. The number of piperidine rings is 2. The van der Waals surface area contributed by atoms with Crippen LogP contribution in [0.4, 0.5) is 5.95 Å². The molecule has 1 N–H and O–H groups in total. The molecule has 2 saturated heterocycles. The van der Waals surface area contributed by atoms with E-state index in [-0.39, 0.29) is 11.8 Å².